The highest BCUT2D eigenvalue weighted by molar-refractivity contribution is 5.81. The van der Waals surface area contributed by atoms with Gasteiger partial charge >= 0.3 is 0 Å². The SMILES string of the molecule is Nc1nc2nc3c1ncn3CCCCCCC2. The predicted octanol–water partition coefficient (Wildman–Crippen LogP) is 1.92. The van der Waals surface area contributed by atoms with Gasteiger partial charge < -0.3 is 10.3 Å². The lowest BCUT2D eigenvalue weighted by atomic mass is 10.1. The summed E-state index contributed by atoms with van der Waals surface area (Å²) in [4.78, 5) is 13.2. The van der Waals surface area contributed by atoms with Crippen molar-refractivity contribution in [2.45, 2.75) is 45.1 Å². The molecule has 5 heteroatoms. The maximum atomic E-state index is 5.93. The molecule has 1 aliphatic rings. The van der Waals surface area contributed by atoms with Gasteiger partial charge in [0.25, 0.3) is 0 Å². The summed E-state index contributed by atoms with van der Waals surface area (Å²) in [7, 11) is 0. The number of aryl methyl sites for hydroxylation is 2. The molecule has 0 amide bonds. The highest BCUT2D eigenvalue weighted by Gasteiger charge is 2.11. The lowest BCUT2D eigenvalue weighted by Crippen LogP contribution is -2.03. The van der Waals surface area contributed by atoms with Gasteiger partial charge in [-0.05, 0) is 12.8 Å². The van der Waals surface area contributed by atoms with E-state index in [1.807, 2.05) is 6.33 Å². The zero-order valence-corrected chi connectivity index (χ0v) is 9.89. The summed E-state index contributed by atoms with van der Waals surface area (Å²) in [5, 5.41) is 0. The number of anilines is 1. The Balaban J connectivity index is 2.10. The van der Waals surface area contributed by atoms with Gasteiger partial charge in [-0.2, -0.15) is 0 Å². The van der Waals surface area contributed by atoms with E-state index in [4.69, 9.17) is 5.73 Å². The Morgan fingerprint density at radius 2 is 1.88 bits per heavy atom. The summed E-state index contributed by atoms with van der Waals surface area (Å²) in [6.07, 6.45) is 8.92. The third kappa shape index (κ3) is 1.97. The third-order valence-corrected chi connectivity index (χ3v) is 3.34. The number of nitrogen functional groups attached to an aromatic ring is 1. The van der Waals surface area contributed by atoms with Gasteiger partial charge in [0.15, 0.2) is 11.5 Å². The van der Waals surface area contributed by atoms with Crippen molar-refractivity contribution in [3.8, 4) is 0 Å². The largest absolute Gasteiger partial charge is 0.382 e. The van der Waals surface area contributed by atoms with E-state index in [9.17, 15) is 0 Å². The monoisotopic (exact) mass is 231 g/mol. The van der Waals surface area contributed by atoms with Crippen molar-refractivity contribution in [3.05, 3.63) is 12.2 Å². The Labute approximate surface area is 100 Å². The van der Waals surface area contributed by atoms with Crippen LogP contribution in [0.1, 0.15) is 37.9 Å². The van der Waals surface area contributed by atoms with Gasteiger partial charge in [-0.25, -0.2) is 15.0 Å². The van der Waals surface area contributed by atoms with Crippen LogP contribution in [0.2, 0.25) is 0 Å². The molecule has 5 nitrogen and oxygen atoms in total. The Bertz CT molecular complexity index is 531. The van der Waals surface area contributed by atoms with Crippen molar-refractivity contribution in [3.63, 3.8) is 0 Å². The van der Waals surface area contributed by atoms with Gasteiger partial charge in [0.2, 0.25) is 0 Å². The van der Waals surface area contributed by atoms with Crippen molar-refractivity contribution < 1.29 is 0 Å². The first kappa shape index (κ1) is 10.5. The Morgan fingerprint density at radius 1 is 1.06 bits per heavy atom. The minimum atomic E-state index is 0.517. The molecule has 90 valence electrons. The molecule has 2 N–H and O–H groups in total. The van der Waals surface area contributed by atoms with Crippen LogP contribution < -0.4 is 5.73 Å². The Morgan fingerprint density at radius 3 is 2.82 bits per heavy atom. The molecule has 0 saturated carbocycles. The van der Waals surface area contributed by atoms with Crippen LogP contribution in [0.5, 0.6) is 0 Å². The molecule has 0 spiro atoms. The highest BCUT2D eigenvalue weighted by atomic mass is 15.1. The zero-order valence-electron chi connectivity index (χ0n) is 9.89. The average Bonchev–Trinajstić information content (AvgIpc) is 2.70. The first-order valence-corrected chi connectivity index (χ1v) is 6.32. The zero-order chi connectivity index (χ0) is 11.7. The minimum absolute atomic E-state index is 0.517. The van der Waals surface area contributed by atoms with Crippen molar-refractivity contribution in [2.24, 2.45) is 0 Å². The predicted molar refractivity (Wildman–Crippen MR) is 66.5 cm³/mol. The van der Waals surface area contributed by atoms with Crippen LogP contribution in [0.3, 0.4) is 0 Å². The first-order valence-electron chi connectivity index (χ1n) is 6.32. The molecule has 0 aromatic carbocycles. The fourth-order valence-electron chi connectivity index (χ4n) is 2.38. The standard InChI is InChI=1S/C12H17N5/c13-11-10-12-16-9(15-11)6-4-2-1-3-5-7-17(12)8-14-10/h8H,1-7H2,(H2,13,15,16). The lowest BCUT2D eigenvalue weighted by molar-refractivity contribution is 0.569. The summed E-state index contributed by atoms with van der Waals surface area (Å²) in [5.74, 6) is 1.38. The Kier molecular flexibility index (Phi) is 2.66. The number of aromatic nitrogens is 4. The summed E-state index contributed by atoms with van der Waals surface area (Å²) in [6, 6.07) is 0. The van der Waals surface area contributed by atoms with Gasteiger partial charge in [-0.1, -0.05) is 19.3 Å². The maximum Gasteiger partial charge on any atom is 0.165 e. The average molecular weight is 231 g/mol. The number of imidazole rings is 1. The fraction of sp³-hybridized carbons (Fsp3) is 0.583. The molecule has 0 unspecified atom stereocenters. The quantitative estimate of drug-likeness (QED) is 0.752. The molecule has 0 atom stereocenters. The van der Waals surface area contributed by atoms with Gasteiger partial charge in [-0.3, -0.25) is 0 Å². The lowest BCUT2D eigenvalue weighted by Gasteiger charge is -2.03. The maximum absolute atomic E-state index is 5.93. The molecule has 3 heterocycles. The van der Waals surface area contributed by atoms with E-state index in [1.165, 1.54) is 25.7 Å². The fourth-order valence-corrected chi connectivity index (χ4v) is 2.38. The molecule has 2 bridgehead atoms. The van der Waals surface area contributed by atoms with Crippen molar-refractivity contribution in [1.29, 1.82) is 0 Å². The van der Waals surface area contributed by atoms with Crippen molar-refractivity contribution in [2.75, 3.05) is 5.73 Å². The van der Waals surface area contributed by atoms with Crippen LogP contribution in [0.25, 0.3) is 11.2 Å². The second-order valence-corrected chi connectivity index (χ2v) is 4.65. The van der Waals surface area contributed by atoms with E-state index in [0.717, 1.165) is 36.4 Å². The molecule has 0 aliphatic carbocycles. The second kappa shape index (κ2) is 4.31. The summed E-state index contributed by atoms with van der Waals surface area (Å²) >= 11 is 0. The molecule has 17 heavy (non-hydrogen) atoms. The van der Waals surface area contributed by atoms with Gasteiger partial charge in [0, 0.05) is 13.0 Å². The molecule has 2 aromatic rings. The molecule has 0 fully saturated rings. The smallest absolute Gasteiger partial charge is 0.165 e. The van der Waals surface area contributed by atoms with Gasteiger partial charge in [0.1, 0.15) is 11.3 Å². The van der Waals surface area contributed by atoms with Crippen molar-refractivity contribution >= 4 is 17.0 Å². The number of hydrogen-bond donors (Lipinski definition) is 1. The summed E-state index contributed by atoms with van der Waals surface area (Å²) < 4.78 is 2.10. The molecular formula is C12H17N5. The van der Waals surface area contributed by atoms with E-state index in [0.29, 0.717) is 5.82 Å². The number of nitrogens with two attached hydrogens (primary N) is 1. The van der Waals surface area contributed by atoms with E-state index in [-0.39, 0.29) is 0 Å². The number of fused-ring (bicyclic) bond motifs is 1. The third-order valence-electron chi connectivity index (χ3n) is 3.34. The normalized spacial score (nSPS) is 17.2. The Hall–Kier alpha value is -1.65. The number of rotatable bonds is 0. The minimum Gasteiger partial charge on any atom is -0.382 e. The first-order chi connectivity index (χ1) is 8.34. The molecule has 0 saturated heterocycles. The highest BCUT2D eigenvalue weighted by Crippen LogP contribution is 2.19. The van der Waals surface area contributed by atoms with Gasteiger partial charge in [-0.15, -0.1) is 0 Å². The van der Waals surface area contributed by atoms with Crippen LogP contribution >= 0.6 is 0 Å². The number of hydrogen-bond acceptors (Lipinski definition) is 4. The van der Waals surface area contributed by atoms with Gasteiger partial charge in [0.05, 0.1) is 6.33 Å². The molecule has 2 aromatic heterocycles. The van der Waals surface area contributed by atoms with Crippen LogP contribution in [0.15, 0.2) is 6.33 Å². The van der Waals surface area contributed by atoms with Crippen LogP contribution in [-0.4, -0.2) is 19.5 Å². The van der Waals surface area contributed by atoms with E-state index in [1.54, 1.807) is 0 Å². The second-order valence-electron chi connectivity index (χ2n) is 4.65. The van der Waals surface area contributed by atoms with E-state index in [2.05, 4.69) is 19.5 Å². The molecule has 3 rings (SSSR count). The van der Waals surface area contributed by atoms with Crippen LogP contribution in [0.4, 0.5) is 5.82 Å². The molecular weight excluding hydrogens is 214 g/mol. The molecule has 0 radical (unpaired) electrons. The van der Waals surface area contributed by atoms with E-state index < -0.39 is 0 Å². The summed E-state index contributed by atoms with van der Waals surface area (Å²) in [5.41, 5.74) is 7.57. The topological polar surface area (TPSA) is 69.6 Å². The molecule has 1 aliphatic heterocycles. The van der Waals surface area contributed by atoms with Crippen molar-refractivity contribution in [1.82, 2.24) is 19.5 Å². The van der Waals surface area contributed by atoms with Crippen LogP contribution in [0, 0.1) is 0 Å². The van der Waals surface area contributed by atoms with Crippen LogP contribution in [-0.2, 0) is 13.0 Å². The summed E-state index contributed by atoms with van der Waals surface area (Å²) in [6.45, 7) is 0.979. The number of nitrogens with zero attached hydrogens (tertiary/aromatic N) is 4. The van der Waals surface area contributed by atoms with E-state index >= 15 is 0 Å².